The summed E-state index contributed by atoms with van der Waals surface area (Å²) in [6.07, 6.45) is 2.65. The predicted molar refractivity (Wildman–Crippen MR) is 110 cm³/mol. The Labute approximate surface area is 170 Å². The predicted octanol–water partition coefficient (Wildman–Crippen LogP) is 3.73. The lowest BCUT2D eigenvalue weighted by Gasteiger charge is -2.15. The van der Waals surface area contributed by atoms with Crippen molar-refractivity contribution in [1.82, 2.24) is 25.1 Å². The van der Waals surface area contributed by atoms with Gasteiger partial charge in [0.2, 0.25) is 0 Å². The molecule has 148 valence electrons. The fourth-order valence-electron chi connectivity index (χ4n) is 3.33. The number of pyridine rings is 1. The van der Waals surface area contributed by atoms with Gasteiger partial charge in [0.25, 0.3) is 5.91 Å². The normalized spacial score (nSPS) is 11.7. The van der Waals surface area contributed by atoms with Gasteiger partial charge in [-0.2, -0.15) is 5.26 Å². The smallest absolute Gasteiger partial charge is 0.251 e. The molecule has 0 saturated heterocycles. The van der Waals surface area contributed by atoms with Gasteiger partial charge in [-0.1, -0.05) is 19.1 Å². The Morgan fingerprint density at radius 2 is 2.10 bits per heavy atom. The van der Waals surface area contributed by atoms with Gasteiger partial charge >= 0.3 is 0 Å². The van der Waals surface area contributed by atoms with Crippen molar-refractivity contribution in [3.8, 4) is 17.3 Å². The van der Waals surface area contributed by atoms with E-state index in [2.05, 4.69) is 33.5 Å². The first-order valence-electron chi connectivity index (χ1n) is 9.62. The van der Waals surface area contributed by atoms with Crippen molar-refractivity contribution >= 4 is 5.91 Å². The Hall–Kier alpha value is -3.53. The molecule has 0 aliphatic rings. The Morgan fingerprint density at radius 1 is 1.31 bits per heavy atom. The van der Waals surface area contributed by atoms with E-state index in [-0.39, 0.29) is 11.9 Å². The molecule has 0 radical (unpaired) electrons. The van der Waals surface area contributed by atoms with Crippen LogP contribution < -0.4 is 5.32 Å². The van der Waals surface area contributed by atoms with Crippen LogP contribution in [0.25, 0.3) is 11.3 Å². The van der Waals surface area contributed by atoms with Crippen molar-refractivity contribution < 1.29 is 4.79 Å². The number of nitriles is 1. The number of rotatable bonds is 6. The Kier molecular flexibility index (Phi) is 6.03. The second-order valence-electron chi connectivity index (χ2n) is 7.06. The van der Waals surface area contributed by atoms with Gasteiger partial charge in [-0.05, 0) is 51.0 Å². The third-order valence-electron chi connectivity index (χ3n) is 4.77. The van der Waals surface area contributed by atoms with Crippen LogP contribution in [-0.2, 0) is 6.54 Å². The van der Waals surface area contributed by atoms with Crippen molar-refractivity contribution in [2.24, 2.45) is 0 Å². The fourth-order valence-corrected chi connectivity index (χ4v) is 3.33. The molecule has 29 heavy (non-hydrogen) atoms. The molecule has 0 unspecified atom stereocenters. The van der Waals surface area contributed by atoms with Gasteiger partial charge < -0.3 is 9.88 Å². The maximum Gasteiger partial charge on any atom is 0.251 e. The number of hydrogen-bond acceptors (Lipinski definition) is 5. The highest BCUT2D eigenvalue weighted by Crippen LogP contribution is 2.23. The number of nitrogens with one attached hydrogen (secondary N) is 1. The van der Waals surface area contributed by atoms with Crippen LogP contribution in [0.2, 0.25) is 0 Å². The molecule has 3 rings (SSSR count). The molecule has 0 saturated carbocycles. The SMILES string of the molecule is CCCn1cnnc1[C@@H](C)NC(=O)c1cccc(-c2cc(C)c(C#N)c(C)n2)c1. The molecular weight excluding hydrogens is 364 g/mol. The number of benzene rings is 1. The fraction of sp³-hybridized carbons (Fsp3) is 0.318. The zero-order valence-electron chi connectivity index (χ0n) is 17.1. The molecule has 2 aromatic heterocycles. The van der Waals surface area contributed by atoms with Crippen LogP contribution in [0, 0.1) is 25.2 Å². The van der Waals surface area contributed by atoms with Gasteiger partial charge in [-0.25, -0.2) is 0 Å². The lowest BCUT2D eigenvalue weighted by molar-refractivity contribution is 0.0937. The number of carbonyl (C=O) groups is 1. The van der Waals surface area contributed by atoms with E-state index in [0.717, 1.165) is 35.6 Å². The Morgan fingerprint density at radius 3 is 2.79 bits per heavy atom. The van der Waals surface area contributed by atoms with E-state index in [9.17, 15) is 10.1 Å². The lowest BCUT2D eigenvalue weighted by atomic mass is 10.0. The van der Waals surface area contributed by atoms with Crippen molar-refractivity contribution in [2.45, 2.75) is 46.7 Å². The summed E-state index contributed by atoms with van der Waals surface area (Å²) in [5.74, 6) is 0.545. The van der Waals surface area contributed by atoms with Gasteiger partial charge in [0, 0.05) is 17.7 Å². The van der Waals surface area contributed by atoms with Crippen LogP contribution in [0.1, 0.15) is 59.3 Å². The molecule has 1 atom stereocenters. The van der Waals surface area contributed by atoms with Crippen molar-refractivity contribution in [3.05, 3.63) is 64.9 Å². The number of carbonyl (C=O) groups excluding carboxylic acids is 1. The number of aryl methyl sites for hydroxylation is 3. The molecule has 7 heteroatoms. The van der Waals surface area contributed by atoms with E-state index in [1.54, 1.807) is 12.4 Å². The first-order valence-corrected chi connectivity index (χ1v) is 9.62. The zero-order chi connectivity index (χ0) is 21.0. The molecule has 0 aliphatic carbocycles. The first kappa shape index (κ1) is 20.2. The molecule has 7 nitrogen and oxygen atoms in total. The minimum Gasteiger partial charge on any atom is -0.342 e. The molecule has 0 bridgehead atoms. The minimum atomic E-state index is -0.266. The summed E-state index contributed by atoms with van der Waals surface area (Å²) >= 11 is 0. The molecule has 0 fully saturated rings. The van der Waals surface area contributed by atoms with Crippen LogP contribution in [0.5, 0.6) is 0 Å². The molecular formula is C22H24N6O. The van der Waals surface area contributed by atoms with Gasteiger partial charge in [-0.15, -0.1) is 10.2 Å². The number of nitrogens with zero attached hydrogens (tertiary/aromatic N) is 5. The first-order chi connectivity index (χ1) is 13.9. The Bertz CT molecular complexity index is 1060. The summed E-state index contributed by atoms with van der Waals surface area (Å²) in [4.78, 5) is 17.3. The summed E-state index contributed by atoms with van der Waals surface area (Å²) in [7, 11) is 0. The molecule has 1 amide bonds. The van der Waals surface area contributed by atoms with Crippen molar-refractivity contribution in [1.29, 1.82) is 5.26 Å². The van der Waals surface area contributed by atoms with E-state index in [4.69, 9.17) is 0 Å². The van der Waals surface area contributed by atoms with E-state index < -0.39 is 0 Å². The van der Waals surface area contributed by atoms with Crippen LogP contribution in [0.3, 0.4) is 0 Å². The molecule has 0 aliphatic heterocycles. The van der Waals surface area contributed by atoms with Gasteiger partial charge in [-0.3, -0.25) is 9.78 Å². The number of aromatic nitrogens is 4. The standard InChI is InChI=1S/C22H24N6O/c1-5-9-28-13-24-27-21(28)16(4)26-22(29)18-8-6-7-17(11-18)20-10-14(2)19(12-23)15(3)25-20/h6-8,10-11,13,16H,5,9H2,1-4H3,(H,26,29)/t16-/m1/s1. The zero-order valence-corrected chi connectivity index (χ0v) is 17.1. The Balaban J connectivity index is 1.83. The van der Waals surface area contributed by atoms with Crippen LogP contribution in [-0.4, -0.2) is 25.7 Å². The molecule has 1 aromatic carbocycles. The molecule has 0 spiro atoms. The van der Waals surface area contributed by atoms with Gasteiger partial charge in [0.05, 0.1) is 23.0 Å². The number of amides is 1. The highest BCUT2D eigenvalue weighted by atomic mass is 16.1. The lowest BCUT2D eigenvalue weighted by Crippen LogP contribution is -2.28. The highest BCUT2D eigenvalue weighted by molar-refractivity contribution is 5.95. The van der Waals surface area contributed by atoms with Crippen LogP contribution in [0.4, 0.5) is 0 Å². The summed E-state index contributed by atoms with van der Waals surface area (Å²) in [5, 5.41) is 20.3. The maximum atomic E-state index is 12.8. The average molecular weight is 388 g/mol. The minimum absolute atomic E-state index is 0.188. The molecule has 1 N–H and O–H groups in total. The topological polar surface area (TPSA) is 96.5 Å². The second-order valence-corrected chi connectivity index (χ2v) is 7.06. The van der Waals surface area contributed by atoms with E-state index in [0.29, 0.717) is 16.8 Å². The average Bonchev–Trinajstić information content (AvgIpc) is 3.16. The van der Waals surface area contributed by atoms with E-state index >= 15 is 0 Å². The monoisotopic (exact) mass is 388 g/mol. The molecule has 2 heterocycles. The summed E-state index contributed by atoms with van der Waals surface area (Å²) < 4.78 is 1.95. The van der Waals surface area contributed by atoms with Crippen LogP contribution >= 0.6 is 0 Å². The summed E-state index contributed by atoms with van der Waals surface area (Å²) in [6.45, 7) is 8.49. The second kappa shape index (κ2) is 8.65. The van der Waals surface area contributed by atoms with E-state index in [1.165, 1.54) is 0 Å². The largest absolute Gasteiger partial charge is 0.342 e. The third-order valence-corrected chi connectivity index (χ3v) is 4.77. The van der Waals surface area contributed by atoms with Crippen molar-refractivity contribution in [3.63, 3.8) is 0 Å². The van der Waals surface area contributed by atoms with E-state index in [1.807, 2.05) is 49.6 Å². The molecule has 3 aromatic rings. The summed E-state index contributed by atoms with van der Waals surface area (Å²) in [5.41, 5.74) is 4.25. The third kappa shape index (κ3) is 4.32. The number of hydrogen-bond donors (Lipinski definition) is 1. The van der Waals surface area contributed by atoms with Gasteiger partial charge in [0.15, 0.2) is 5.82 Å². The summed E-state index contributed by atoms with van der Waals surface area (Å²) in [6, 6.07) is 11.1. The van der Waals surface area contributed by atoms with Crippen LogP contribution in [0.15, 0.2) is 36.7 Å². The quantitative estimate of drug-likeness (QED) is 0.694. The maximum absolute atomic E-state index is 12.8. The van der Waals surface area contributed by atoms with Crippen molar-refractivity contribution in [2.75, 3.05) is 0 Å². The highest BCUT2D eigenvalue weighted by Gasteiger charge is 2.17. The van der Waals surface area contributed by atoms with Gasteiger partial charge in [0.1, 0.15) is 12.4 Å².